The molecule has 1 aromatic heterocycles. The summed E-state index contributed by atoms with van der Waals surface area (Å²) >= 11 is 0. The van der Waals surface area contributed by atoms with E-state index >= 15 is 0 Å². The lowest BCUT2D eigenvalue weighted by molar-refractivity contribution is 0.0172. The average molecular weight is 365 g/mol. The van der Waals surface area contributed by atoms with Crippen LogP contribution in [0.1, 0.15) is 23.1 Å². The highest BCUT2D eigenvalue weighted by atomic mass is 32.2. The van der Waals surface area contributed by atoms with Gasteiger partial charge < -0.3 is 9.26 Å². The van der Waals surface area contributed by atoms with E-state index in [1.165, 1.54) is 0 Å². The first-order chi connectivity index (χ1) is 12.0. The summed E-state index contributed by atoms with van der Waals surface area (Å²) in [4.78, 5) is 2.37. The minimum absolute atomic E-state index is 0.0552. The number of nitrogens with one attached hydrogen (secondary N) is 1. The Morgan fingerprint density at radius 3 is 2.48 bits per heavy atom. The Morgan fingerprint density at radius 1 is 1.20 bits per heavy atom. The van der Waals surface area contributed by atoms with Crippen molar-refractivity contribution < 1.29 is 17.7 Å². The molecule has 136 valence electrons. The van der Waals surface area contributed by atoms with Crippen molar-refractivity contribution in [1.82, 2.24) is 14.8 Å². The largest absolute Gasteiger partial charge is 0.379 e. The Labute approximate surface area is 148 Å². The molecule has 1 N–H and O–H groups in total. The van der Waals surface area contributed by atoms with Crippen molar-refractivity contribution in [3.05, 3.63) is 47.3 Å². The number of hydrogen-bond donors (Lipinski definition) is 1. The summed E-state index contributed by atoms with van der Waals surface area (Å²) in [6, 6.07) is 9.86. The molecule has 0 aliphatic carbocycles. The lowest BCUT2D eigenvalue weighted by Crippen LogP contribution is -2.43. The van der Waals surface area contributed by atoms with Crippen molar-refractivity contribution in [2.45, 2.75) is 24.8 Å². The average Bonchev–Trinajstić information content (AvgIpc) is 2.96. The van der Waals surface area contributed by atoms with Gasteiger partial charge in [-0.05, 0) is 19.4 Å². The molecule has 7 nitrogen and oxygen atoms in total. The van der Waals surface area contributed by atoms with Crippen LogP contribution in [0.15, 0.2) is 39.8 Å². The van der Waals surface area contributed by atoms with Gasteiger partial charge in [0.1, 0.15) is 10.6 Å². The summed E-state index contributed by atoms with van der Waals surface area (Å²) in [6.45, 7) is 6.35. The summed E-state index contributed by atoms with van der Waals surface area (Å²) in [6.07, 6.45) is 0. The predicted molar refractivity (Wildman–Crippen MR) is 92.7 cm³/mol. The van der Waals surface area contributed by atoms with Gasteiger partial charge in [0.2, 0.25) is 10.0 Å². The van der Waals surface area contributed by atoms with E-state index in [1.807, 2.05) is 30.3 Å². The summed E-state index contributed by atoms with van der Waals surface area (Å²) in [7, 11) is -3.68. The zero-order valence-electron chi connectivity index (χ0n) is 14.4. The molecule has 1 aliphatic rings. The predicted octanol–water partition coefficient (Wildman–Crippen LogP) is 1.64. The Balaban J connectivity index is 1.81. The molecule has 1 unspecified atom stereocenters. The Hall–Kier alpha value is -1.74. The lowest BCUT2D eigenvalue weighted by atomic mass is 10.1. The van der Waals surface area contributed by atoms with E-state index in [1.54, 1.807) is 13.8 Å². The van der Waals surface area contributed by atoms with E-state index < -0.39 is 10.0 Å². The van der Waals surface area contributed by atoms with Crippen LogP contribution in [0, 0.1) is 13.8 Å². The van der Waals surface area contributed by atoms with Crippen molar-refractivity contribution >= 4 is 10.0 Å². The molecule has 1 fully saturated rings. The van der Waals surface area contributed by atoms with Gasteiger partial charge in [0.15, 0.2) is 5.76 Å². The SMILES string of the molecule is Cc1noc(C)c1S(=O)(=O)NCC(c1ccccc1)N1CCOCC1. The fourth-order valence-corrected chi connectivity index (χ4v) is 4.50. The van der Waals surface area contributed by atoms with Crippen LogP contribution in [0.25, 0.3) is 0 Å². The number of hydrogen-bond acceptors (Lipinski definition) is 6. The highest BCUT2D eigenvalue weighted by Gasteiger charge is 2.28. The summed E-state index contributed by atoms with van der Waals surface area (Å²) in [5, 5.41) is 3.74. The smallest absolute Gasteiger partial charge is 0.246 e. The second-order valence-corrected chi connectivity index (χ2v) is 7.78. The van der Waals surface area contributed by atoms with Gasteiger partial charge in [0.25, 0.3) is 0 Å². The second kappa shape index (κ2) is 7.65. The van der Waals surface area contributed by atoms with Gasteiger partial charge in [0.05, 0.1) is 13.2 Å². The number of morpholine rings is 1. The third kappa shape index (κ3) is 4.09. The molecule has 2 aromatic rings. The summed E-state index contributed by atoms with van der Waals surface area (Å²) in [5.74, 6) is 0.299. The van der Waals surface area contributed by atoms with E-state index in [2.05, 4.69) is 14.8 Å². The number of sulfonamides is 1. The maximum absolute atomic E-state index is 12.7. The number of nitrogens with zero attached hydrogens (tertiary/aromatic N) is 2. The van der Waals surface area contributed by atoms with Crippen LogP contribution in [0.3, 0.4) is 0 Å². The number of benzene rings is 1. The maximum Gasteiger partial charge on any atom is 0.246 e. The number of ether oxygens (including phenoxy) is 1. The summed E-state index contributed by atoms with van der Waals surface area (Å²) in [5.41, 5.74) is 1.44. The topological polar surface area (TPSA) is 84.7 Å². The van der Waals surface area contributed by atoms with Gasteiger partial charge in [-0.15, -0.1) is 0 Å². The molecule has 1 atom stereocenters. The molecular formula is C17H23N3O4S. The fraction of sp³-hybridized carbons (Fsp3) is 0.471. The molecule has 0 spiro atoms. The molecule has 25 heavy (non-hydrogen) atoms. The third-order valence-electron chi connectivity index (χ3n) is 4.37. The van der Waals surface area contributed by atoms with Crippen LogP contribution in [-0.2, 0) is 14.8 Å². The first kappa shape index (κ1) is 18.1. The molecule has 2 heterocycles. The number of rotatable bonds is 6. The first-order valence-corrected chi connectivity index (χ1v) is 9.76. The van der Waals surface area contributed by atoms with Crippen molar-refractivity contribution in [3.63, 3.8) is 0 Å². The van der Waals surface area contributed by atoms with Crippen molar-refractivity contribution in [2.75, 3.05) is 32.8 Å². The zero-order chi connectivity index (χ0) is 17.9. The van der Waals surface area contributed by atoms with Crippen LogP contribution < -0.4 is 4.72 Å². The van der Waals surface area contributed by atoms with Gasteiger partial charge in [-0.1, -0.05) is 35.5 Å². The zero-order valence-corrected chi connectivity index (χ0v) is 15.3. The molecule has 0 radical (unpaired) electrons. The van der Waals surface area contributed by atoms with E-state index in [9.17, 15) is 8.42 Å². The molecule has 0 amide bonds. The van der Waals surface area contributed by atoms with E-state index in [4.69, 9.17) is 9.26 Å². The Bertz CT molecular complexity index is 779. The molecule has 3 rings (SSSR count). The fourth-order valence-electron chi connectivity index (χ4n) is 3.14. The molecule has 8 heteroatoms. The van der Waals surface area contributed by atoms with Crippen molar-refractivity contribution in [2.24, 2.45) is 0 Å². The van der Waals surface area contributed by atoms with Crippen molar-refractivity contribution in [3.8, 4) is 0 Å². The van der Waals surface area contributed by atoms with Crippen LogP contribution in [0.2, 0.25) is 0 Å². The summed E-state index contributed by atoms with van der Waals surface area (Å²) < 4.78 is 38.5. The van der Waals surface area contributed by atoms with Crippen LogP contribution >= 0.6 is 0 Å². The molecule has 0 bridgehead atoms. The Morgan fingerprint density at radius 2 is 1.88 bits per heavy atom. The maximum atomic E-state index is 12.7. The quantitative estimate of drug-likeness (QED) is 0.838. The standard InChI is InChI=1S/C17H23N3O4S/c1-13-17(14(2)24-19-13)25(21,22)18-12-16(15-6-4-3-5-7-15)20-8-10-23-11-9-20/h3-7,16,18H,8-12H2,1-2H3. The first-order valence-electron chi connectivity index (χ1n) is 8.28. The third-order valence-corrected chi connectivity index (χ3v) is 6.04. The molecule has 1 saturated heterocycles. The highest BCUT2D eigenvalue weighted by Crippen LogP contribution is 2.23. The number of aromatic nitrogens is 1. The van der Waals surface area contributed by atoms with E-state index in [-0.39, 0.29) is 17.5 Å². The van der Waals surface area contributed by atoms with E-state index in [0.717, 1.165) is 18.7 Å². The molecular weight excluding hydrogens is 342 g/mol. The molecule has 0 saturated carbocycles. The molecule has 1 aromatic carbocycles. The second-order valence-electron chi connectivity index (χ2n) is 6.08. The van der Waals surface area contributed by atoms with Crippen LogP contribution in [-0.4, -0.2) is 51.3 Å². The monoisotopic (exact) mass is 365 g/mol. The molecule has 1 aliphatic heterocycles. The minimum Gasteiger partial charge on any atom is -0.379 e. The van der Waals surface area contributed by atoms with Crippen LogP contribution in [0.5, 0.6) is 0 Å². The van der Waals surface area contributed by atoms with Gasteiger partial charge in [0, 0.05) is 25.7 Å². The highest BCUT2D eigenvalue weighted by molar-refractivity contribution is 7.89. The number of aryl methyl sites for hydroxylation is 2. The van der Waals surface area contributed by atoms with Gasteiger partial charge >= 0.3 is 0 Å². The van der Waals surface area contributed by atoms with Gasteiger partial charge in [-0.25, -0.2) is 13.1 Å². The van der Waals surface area contributed by atoms with E-state index in [0.29, 0.717) is 24.7 Å². The Kier molecular flexibility index (Phi) is 5.53. The van der Waals surface area contributed by atoms with Gasteiger partial charge in [-0.3, -0.25) is 4.90 Å². The lowest BCUT2D eigenvalue weighted by Gasteiger charge is -2.34. The minimum atomic E-state index is -3.68. The van der Waals surface area contributed by atoms with Crippen molar-refractivity contribution in [1.29, 1.82) is 0 Å². The van der Waals surface area contributed by atoms with Gasteiger partial charge in [-0.2, -0.15) is 0 Å². The van der Waals surface area contributed by atoms with Crippen LogP contribution in [0.4, 0.5) is 0 Å². The normalized spacial score (nSPS) is 17.5.